The molecular formula is C25H28N8. The normalized spacial score (nSPS) is 15.0. The molecule has 168 valence electrons. The minimum absolute atomic E-state index is 0.451. The molecule has 1 aliphatic heterocycles. The molecule has 0 unspecified atom stereocenters. The summed E-state index contributed by atoms with van der Waals surface area (Å²) in [4.78, 5) is 16.2. The number of hydrogen-bond acceptors (Lipinski definition) is 7. The van der Waals surface area contributed by atoms with Crippen LogP contribution in [-0.4, -0.2) is 55.8 Å². The third-order valence-corrected chi connectivity index (χ3v) is 6.03. The van der Waals surface area contributed by atoms with Crippen molar-refractivity contribution in [1.82, 2.24) is 29.6 Å². The van der Waals surface area contributed by atoms with Gasteiger partial charge in [-0.25, -0.2) is 15.0 Å². The number of piperidine rings is 1. The summed E-state index contributed by atoms with van der Waals surface area (Å²) in [5.74, 6) is 1.57. The number of likely N-dealkylation sites (tertiary alicyclic amines) is 1. The molecule has 0 aliphatic carbocycles. The first-order valence-corrected chi connectivity index (χ1v) is 11.2. The molecule has 1 aliphatic rings. The Bertz CT molecular complexity index is 1290. The molecule has 0 saturated carbocycles. The number of pyridine rings is 3. The lowest BCUT2D eigenvalue weighted by Gasteiger charge is -2.29. The number of nitrogens with zero attached hydrogens (tertiary/aromatic N) is 6. The number of hydrogen-bond donors (Lipinski definition) is 2. The molecular weight excluding hydrogens is 412 g/mol. The van der Waals surface area contributed by atoms with E-state index in [2.05, 4.69) is 44.2 Å². The fraction of sp³-hybridized carbons (Fsp3) is 0.280. The molecule has 33 heavy (non-hydrogen) atoms. The van der Waals surface area contributed by atoms with Gasteiger partial charge >= 0.3 is 0 Å². The molecule has 8 nitrogen and oxygen atoms in total. The van der Waals surface area contributed by atoms with Crippen LogP contribution in [0.3, 0.4) is 0 Å². The lowest BCUT2D eigenvalue weighted by molar-refractivity contribution is 0.263. The summed E-state index contributed by atoms with van der Waals surface area (Å²) in [6.07, 6.45) is 9.65. The molecule has 0 spiro atoms. The maximum atomic E-state index is 4.80. The fourth-order valence-corrected chi connectivity index (χ4v) is 4.08. The zero-order valence-electron chi connectivity index (χ0n) is 19.0. The van der Waals surface area contributed by atoms with Crippen molar-refractivity contribution in [3.8, 4) is 11.3 Å². The first-order valence-electron chi connectivity index (χ1n) is 11.2. The summed E-state index contributed by atoms with van der Waals surface area (Å²) in [6.45, 7) is 6.44. The maximum Gasteiger partial charge on any atom is 0.132 e. The van der Waals surface area contributed by atoms with Gasteiger partial charge in [-0.05, 0) is 57.2 Å². The van der Waals surface area contributed by atoms with E-state index in [-0.39, 0.29) is 0 Å². The van der Waals surface area contributed by atoms with E-state index in [4.69, 9.17) is 4.98 Å². The maximum absolute atomic E-state index is 4.80. The number of nitrogens with one attached hydrogen (secondary N) is 2. The van der Waals surface area contributed by atoms with Gasteiger partial charge in [-0.1, -0.05) is 6.58 Å². The molecule has 4 aromatic rings. The Labute approximate surface area is 193 Å². The van der Waals surface area contributed by atoms with E-state index >= 15 is 0 Å². The topological polar surface area (TPSA) is 83.8 Å². The van der Waals surface area contributed by atoms with E-state index in [0.29, 0.717) is 11.9 Å². The molecule has 0 atom stereocenters. The highest BCUT2D eigenvalue weighted by Crippen LogP contribution is 2.24. The summed E-state index contributed by atoms with van der Waals surface area (Å²) in [6, 6.07) is 10.4. The van der Waals surface area contributed by atoms with E-state index in [9.17, 15) is 0 Å². The van der Waals surface area contributed by atoms with E-state index in [1.807, 2.05) is 62.2 Å². The van der Waals surface area contributed by atoms with Gasteiger partial charge in [-0.15, -0.1) is 0 Å². The Morgan fingerprint density at radius 1 is 1.03 bits per heavy atom. The summed E-state index contributed by atoms with van der Waals surface area (Å²) < 4.78 is 1.77. The standard InChI is InChI=1S/C25H28N8/c1-17(18-6-9-26-24(12-18)30-21-7-10-32(2)11-8-21)29-25-13-23-19(14-27-25)4-5-22(31-23)20-15-28-33(3)16-20/h4-6,9,12-16,21H,1,7-8,10-11H2,2-3H3,(H,26,30)(H,27,29). The molecule has 2 N–H and O–H groups in total. The van der Waals surface area contributed by atoms with Gasteiger partial charge in [0.05, 0.1) is 17.4 Å². The molecule has 1 fully saturated rings. The second-order valence-electron chi connectivity index (χ2n) is 8.62. The number of aryl methyl sites for hydroxylation is 1. The van der Waals surface area contributed by atoms with Gasteiger partial charge in [0.2, 0.25) is 0 Å². The van der Waals surface area contributed by atoms with E-state index < -0.39 is 0 Å². The largest absolute Gasteiger partial charge is 0.367 e. The second-order valence-corrected chi connectivity index (χ2v) is 8.62. The van der Waals surface area contributed by atoms with Crippen LogP contribution >= 0.6 is 0 Å². The third kappa shape index (κ3) is 4.85. The van der Waals surface area contributed by atoms with Crippen molar-refractivity contribution in [2.45, 2.75) is 18.9 Å². The summed E-state index contributed by atoms with van der Waals surface area (Å²) in [5, 5.41) is 12.1. The Morgan fingerprint density at radius 2 is 1.88 bits per heavy atom. The van der Waals surface area contributed by atoms with Crippen LogP contribution in [0.25, 0.3) is 27.9 Å². The highest BCUT2D eigenvalue weighted by molar-refractivity contribution is 5.85. The predicted molar refractivity (Wildman–Crippen MR) is 133 cm³/mol. The Hall–Kier alpha value is -3.78. The number of anilines is 2. The summed E-state index contributed by atoms with van der Waals surface area (Å²) in [5.41, 5.74) is 4.46. The average Bonchev–Trinajstić information content (AvgIpc) is 3.26. The minimum atomic E-state index is 0.451. The second kappa shape index (κ2) is 8.99. The van der Waals surface area contributed by atoms with Gasteiger partial charge in [0.25, 0.3) is 0 Å². The monoisotopic (exact) mass is 440 g/mol. The zero-order chi connectivity index (χ0) is 22.8. The quantitative estimate of drug-likeness (QED) is 0.469. The summed E-state index contributed by atoms with van der Waals surface area (Å²) >= 11 is 0. The number of rotatable bonds is 6. The van der Waals surface area contributed by atoms with Crippen LogP contribution in [0.5, 0.6) is 0 Å². The van der Waals surface area contributed by atoms with Crippen molar-refractivity contribution in [3.05, 3.63) is 67.3 Å². The molecule has 8 heteroatoms. The lowest BCUT2D eigenvalue weighted by Crippen LogP contribution is -2.36. The van der Waals surface area contributed by atoms with Gasteiger partial charge < -0.3 is 15.5 Å². The van der Waals surface area contributed by atoms with Crippen molar-refractivity contribution >= 4 is 28.2 Å². The number of aromatic nitrogens is 5. The highest BCUT2D eigenvalue weighted by atomic mass is 15.2. The first-order chi connectivity index (χ1) is 16.0. The average molecular weight is 441 g/mol. The van der Waals surface area contributed by atoms with Crippen molar-refractivity contribution in [2.75, 3.05) is 30.8 Å². The van der Waals surface area contributed by atoms with E-state index in [0.717, 1.165) is 65.2 Å². The van der Waals surface area contributed by atoms with Crippen LogP contribution in [0, 0.1) is 0 Å². The minimum Gasteiger partial charge on any atom is -0.367 e. The predicted octanol–water partition coefficient (Wildman–Crippen LogP) is 4.01. The molecule has 5 heterocycles. The Kier molecular flexibility index (Phi) is 5.75. The fourth-order valence-electron chi connectivity index (χ4n) is 4.08. The SMILES string of the molecule is C=C(Nc1cc2nc(-c3cnn(C)c3)ccc2cn1)c1ccnc(NC2CCN(C)CC2)c1. The van der Waals surface area contributed by atoms with Crippen LogP contribution in [0.2, 0.25) is 0 Å². The van der Waals surface area contributed by atoms with Crippen LogP contribution in [0.4, 0.5) is 11.6 Å². The molecule has 1 saturated heterocycles. The van der Waals surface area contributed by atoms with Crippen LogP contribution in [0.1, 0.15) is 18.4 Å². The van der Waals surface area contributed by atoms with Gasteiger partial charge in [-0.3, -0.25) is 4.68 Å². The van der Waals surface area contributed by atoms with Crippen LogP contribution in [0.15, 0.2) is 61.7 Å². The summed E-state index contributed by atoms with van der Waals surface area (Å²) in [7, 11) is 4.07. The highest BCUT2D eigenvalue weighted by Gasteiger charge is 2.17. The zero-order valence-corrected chi connectivity index (χ0v) is 19.0. The molecule has 0 amide bonds. The van der Waals surface area contributed by atoms with Crippen molar-refractivity contribution in [1.29, 1.82) is 0 Å². The van der Waals surface area contributed by atoms with Crippen LogP contribution in [-0.2, 0) is 7.05 Å². The Balaban J connectivity index is 1.31. The van der Waals surface area contributed by atoms with Crippen molar-refractivity contribution in [3.63, 3.8) is 0 Å². The smallest absolute Gasteiger partial charge is 0.132 e. The molecule has 0 radical (unpaired) electrons. The molecule has 0 bridgehead atoms. The van der Waals surface area contributed by atoms with Gasteiger partial charge in [0, 0.05) is 60.0 Å². The van der Waals surface area contributed by atoms with Gasteiger partial charge in [0.15, 0.2) is 0 Å². The van der Waals surface area contributed by atoms with Crippen molar-refractivity contribution in [2.24, 2.45) is 7.05 Å². The van der Waals surface area contributed by atoms with Gasteiger partial charge in [0.1, 0.15) is 11.6 Å². The Morgan fingerprint density at radius 3 is 2.67 bits per heavy atom. The van der Waals surface area contributed by atoms with Gasteiger partial charge in [-0.2, -0.15) is 5.10 Å². The molecule has 0 aromatic carbocycles. The first kappa shape index (κ1) is 21.1. The van der Waals surface area contributed by atoms with Crippen LogP contribution < -0.4 is 10.6 Å². The molecule has 5 rings (SSSR count). The van der Waals surface area contributed by atoms with E-state index in [1.165, 1.54) is 0 Å². The third-order valence-electron chi connectivity index (χ3n) is 6.03. The van der Waals surface area contributed by atoms with E-state index in [1.54, 1.807) is 4.68 Å². The van der Waals surface area contributed by atoms with Crippen molar-refractivity contribution < 1.29 is 0 Å². The lowest BCUT2D eigenvalue weighted by atomic mass is 10.1. The molecule has 4 aromatic heterocycles. The number of fused-ring (bicyclic) bond motifs is 1.